The van der Waals surface area contributed by atoms with Gasteiger partial charge in [0.25, 0.3) is 0 Å². The summed E-state index contributed by atoms with van der Waals surface area (Å²) in [7, 11) is 0. The van der Waals surface area contributed by atoms with Crippen LogP contribution in [0.5, 0.6) is 0 Å². The van der Waals surface area contributed by atoms with E-state index >= 15 is 0 Å². The fraction of sp³-hybridized carbons (Fsp3) is 0.312. The number of nitriles is 1. The maximum Gasteiger partial charge on any atom is 0.124 e. The zero-order chi connectivity index (χ0) is 14.5. The Morgan fingerprint density at radius 1 is 1.35 bits per heavy atom. The van der Waals surface area contributed by atoms with E-state index in [1.165, 1.54) is 21.9 Å². The van der Waals surface area contributed by atoms with Gasteiger partial charge in [-0.2, -0.15) is 5.26 Å². The number of hydrogen-bond donors (Lipinski definition) is 1. The lowest BCUT2D eigenvalue weighted by atomic mass is 10.1. The van der Waals surface area contributed by atoms with Crippen LogP contribution in [-0.2, 0) is 13.0 Å². The zero-order valence-corrected chi connectivity index (χ0v) is 12.4. The molecule has 0 aliphatic carbocycles. The van der Waals surface area contributed by atoms with Crippen molar-refractivity contribution < 1.29 is 4.39 Å². The van der Waals surface area contributed by atoms with Crippen molar-refractivity contribution in [1.29, 1.82) is 5.26 Å². The van der Waals surface area contributed by atoms with E-state index in [4.69, 9.17) is 5.26 Å². The van der Waals surface area contributed by atoms with Gasteiger partial charge in [0.1, 0.15) is 5.82 Å². The Morgan fingerprint density at radius 2 is 2.15 bits per heavy atom. The number of halogens is 1. The first-order chi connectivity index (χ1) is 9.56. The Labute approximate surface area is 122 Å². The van der Waals surface area contributed by atoms with Crippen LogP contribution in [0.3, 0.4) is 0 Å². The Bertz CT molecular complexity index is 628. The highest BCUT2D eigenvalue weighted by molar-refractivity contribution is 7.11. The molecule has 2 nitrogen and oxygen atoms in total. The molecule has 1 unspecified atom stereocenters. The molecule has 1 heterocycles. The monoisotopic (exact) mass is 288 g/mol. The van der Waals surface area contributed by atoms with E-state index in [1.54, 1.807) is 17.4 Å². The van der Waals surface area contributed by atoms with E-state index in [2.05, 4.69) is 31.3 Å². The predicted molar refractivity (Wildman–Crippen MR) is 80.2 cm³/mol. The van der Waals surface area contributed by atoms with E-state index in [0.717, 1.165) is 12.0 Å². The third-order valence-electron chi connectivity index (χ3n) is 3.04. The minimum atomic E-state index is -0.359. The fourth-order valence-corrected chi connectivity index (χ4v) is 3.10. The van der Waals surface area contributed by atoms with Crippen LogP contribution in [-0.4, -0.2) is 6.04 Å². The molecule has 1 aromatic heterocycles. The topological polar surface area (TPSA) is 35.8 Å². The quantitative estimate of drug-likeness (QED) is 0.908. The SMILES string of the molecule is Cc1ccc(CC(C)NCc2cc(F)cc(C#N)c2)s1. The summed E-state index contributed by atoms with van der Waals surface area (Å²) in [6.07, 6.45) is 0.957. The van der Waals surface area contributed by atoms with Crippen molar-refractivity contribution in [2.45, 2.75) is 32.9 Å². The molecule has 104 valence electrons. The van der Waals surface area contributed by atoms with Crippen molar-refractivity contribution in [2.75, 3.05) is 0 Å². The zero-order valence-electron chi connectivity index (χ0n) is 11.6. The molecule has 0 amide bonds. The van der Waals surface area contributed by atoms with Crippen LogP contribution in [0, 0.1) is 24.1 Å². The summed E-state index contributed by atoms with van der Waals surface area (Å²) in [5, 5.41) is 12.2. The second-order valence-electron chi connectivity index (χ2n) is 4.96. The Kier molecular flexibility index (Phi) is 4.89. The molecule has 2 rings (SSSR count). The predicted octanol–water partition coefficient (Wildman–Crippen LogP) is 3.79. The fourth-order valence-electron chi connectivity index (χ4n) is 2.08. The van der Waals surface area contributed by atoms with Crippen molar-refractivity contribution in [3.05, 3.63) is 57.0 Å². The molecule has 0 aliphatic rings. The van der Waals surface area contributed by atoms with Crippen LogP contribution in [0.15, 0.2) is 30.3 Å². The van der Waals surface area contributed by atoms with Crippen LogP contribution >= 0.6 is 11.3 Å². The van der Waals surface area contributed by atoms with Crippen molar-refractivity contribution in [3.63, 3.8) is 0 Å². The lowest BCUT2D eigenvalue weighted by Gasteiger charge is -2.13. The standard InChI is InChI=1S/C16H17FN2S/c1-11(5-16-4-3-12(2)20-16)19-10-14-6-13(9-18)7-15(17)8-14/h3-4,6-8,11,19H,5,10H2,1-2H3. The Balaban J connectivity index is 1.91. The number of aryl methyl sites for hydroxylation is 1. The lowest BCUT2D eigenvalue weighted by Crippen LogP contribution is -2.27. The average Bonchev–Trinajstić information content (AvgIpc) is 2.81. The summed E-state index contributed by atoms with van der Waals surface area (Å²) in [5.41, 5.74) is 1.17. The van der Waals surface area contributed by atoms with Crippen LogP contribution in [0.25, 0.3) is 0 Å². The molecule has 2 aromatic rings. The molecule has 0 bridgehead atoms. The summed E-state index contributed by atoms with van der Waals surface area (Å²) in [6, 6.07) is 11.0. The molecule has 20 heavy (non-hydrogen) atoms. The molecule has 0 spiro atoms. The Morgan fingerprint density at radius 3 is 2.80 bits per heavy atom. The smallest absolute Gasteiger partial charge is 0.124 e. The molecule has 1 aromatic carbocycles. The van der Waals surface area contributed by atoms with Crippen LogP contribution < -0.4 is 5.32 Å². The van der Waals surface area contributed by atoms with Gasteiger partial charge in [0.05, 0.1) is 11.6 Å². The van der Waals surface area contributed by atoms with Crippen molar-refractivity contribution in [1.82, 2.24) is 5.32 Å². The van der Waals surface area contributed by atoms with Gasteiger partial charge in [-0.15, -0.1) is 11.3 Å². The first-order valence-corrected chi connectivity index (χ1v) is 7.37. The van der Waals surface area contributed by atoms with Crippen LogP contribution in [0.1, 0.15) is 27.8 Å². The van der Waals surface area contributed by atoms with E-state index < -0.39 is 0 Å². The first kappa shape index (κ1) is 14.7. The van der Waals surface area contributed by atoms with Gasteiger partial charge in [-0.05, 0) is 56.2 Å². The van der Waals surface area contributed by atoms with Crippen molar-refractivity contribution in [2.24, 2.45) is 0 Å². The van der Waals surface area contributed by atoms with Gasteiger partial charge in [0, 0.05) is 22.3 Å². The molecule has 4 heteroatoms. The maximum absolute atomic E-state index is 13.3. The molecule has 0 saturated heterocycles. The molecule has 0 saturated carbocycles. The van der Waals surface area contributed by atoms with Crippen LogP contribution in [0.2, 0.25) is 0 Å². The third-order valence-corrected chi connectivity index (χ3v) is 4.07. The van der Waals surface area contributed by atoms with Gasteiger partial charge in [0.2, 0.25) is 0 Å². The number of nitrogens with zero attached hydrogens (tertiary/aromatic N) is 1. The number of rotatable bonds is 5. The molecular weight excluding hydrogens is 271 g/mol. The van der Waals surface area contributed by atoms with Crippen molar-refractivity contribution >= 4 is 11.3 Å². The van der Waals surface area contributed by atoms with E-state index in [9.17, 15) is 4.39 Å². The summed E-state index contributed by atoms with van der Waals surface area (Å²) < 4.78 is 13.3. The highest BCUT2D eigenvalue weighted by Gasteiger charge is 2.06. The van der Waals surface area contributed by atoms with E-state index in [-0.39, 0.29) is 5.82 Å². The maximum atomic E-state index is 13.3. The summed E-state index contributed by atoms with van der Waals surface area (Å²) in [5.74, 6) is -0.359. The van der Waals surface area contributed by atoms with E-state index in [1.807, 2.05) is 6.07 Å². The van der Waals surface area contributed by atoms with Gasteiger partial charge in [-0.1, -0.05) is 0 Å². The molecule has 0 radical (unpaired) electrons. The minimum absolute atomic E-state index is 0.307. The highest BCUT2D eigenvalue weighted by Crippen LogP contribution is 2.17. The summed E-state index contributed by atoms with van der Waals surface area (Å²) in [6.45, 7) is 4.78. The summed E-state index contributed by atoms with van der Waals surface area (Å²) >= 11 is 1.80. The van der Waals surface area contributed by atoms with Crippen molar-refractivity contribution in [3.8, 4) is 6.07 Å². The normalized spacial score (nSPS) is 12.1. The second kappa shape index (κ2) is 6.65. The third kappa shape index (κ3) is 4.16. The van der Waals surface area contributed by atoms with Gasteiger partial charge < -0.3 is 5.32 Å². The molecule has 1 N–H and O–H groups in total. The lowest BCUT2D eigenvalue weighted by molar-refractivity contribution is 0.545. The molecule has 0 aliphatic heterocycles. The van der Waals surface area contributed by atoms with Gasteiger partial charge in [-0.25, -0.2) is 4.39 Å². The van der Waals surface area contributed by atoms with E-state index in [0.29, 0.717) is 18.2 Å². The molecule has 1 atom stereocenters. The molecular formula is C16H17FN2S. The minimum Gasteiger partial charge on any atom is -0.310 e. The highest BCUT2D eigenvalue weighted by atomic mass is 32.1. The number of nitrogens with one attached hydrogen (secondary N) is 1. The number of hydrogen-bond acceptors (Lipinski definition) is 3. The van der Waals surface area contributed by atoms with Gasteiger partial charge in [-0.3, -0.25) is 0 Å². The second-order valence-corrected chi connectivity index (χ2v) is 6.33. The Hall–Kier alpha value is -1.70. The van der Waals surface area contributed by atoms with Gasteiger partial charge in [0.15, 0.2) is 0 Å². The summed E-state index contributed by atoms with van der Waals surface area (Å²) in [4.78, 5) is 2.66. The number of thiophene rings is 1. The first-order valence-electron chi connectivity index (χ1n) is 6.55. The van der Waals surface area contributed by atoms with Gasteiger partial charge >= 0.3 is 0 Å². The van der Waals surface area contributed by atoms with Crippen LogP contribution in [0.4, 0.5) is 4.39 Å². The average molecular weight is 288 g/mol. The molecule has 0 fully saturated rings. The largest absolute Gasteiger partial charge is 0.310 e. The number of benzene rings is 1.